The van der Waals surface area contributed by atoms with Gasteiger partial charge in [-0.1, -0.05) is 29.3 Å². The maximum absolute atomic E-state index is 12.5. The number of carbonyl (C=O) groups is 3. The van der Waals surface area contributed by atoms with Crippen molar-refractivity contribution in [1.29, 1.82) is 0 Å². The number of benzene rings is 2. The number of hydrogen-bond donors (Lipinski definition) is 1. The summed E-state index contributed by atoms with van der Waals surface area (Å²) in [7, 11) is 0. The van der Waals surface area contributed by atoms with Gasteiger partial charge in [-0.05, 0) is 79.7 Å². The predicted octanol–water partition coefficient (Wildman–Crippen LogP) is 6.10. The fourth-order valence-corrected chi connectivity index (χ4v) is 5.03. The van der Waals surface area contributed by atoms with Crippen LogP contribution in [0.25, 0.3) is 11.8 Å². The smallest absolute Gasteiger partial charge is 0.323 e. The largest absolute Gasteiger partial charge is 0.489 e. The highest BCUT2D eigenvalue weighted by Gasteiger charge is 2.36. The summed E-state index contributed by atoms with van der Waals surface area (Å²) in [5.74, 6) is -1.17. The average molecular weight is 531 g/mol. The topological polar surface area (TPSA) is 88.8 Å². The minimum absolute atomic E-state index is 0.195. The molecule has 1 saturated heterocycles. The van der Waals surface area contributed by atoms with Gasteiger partial charge in [-0.25, -0.2) is 0 Å². The van der Waals surface area contributed by atoms with E-state index in [0.717, 1.165) is 44.9 Å². The van der Waals surface area contributed by atoms with E-state index >= 15 is 0 Å². The molecule has 0 saturated carbocycles. The van der Waals surface area contributed by atoms with Crippen LogP contribution in [-0.2, 0) is 16.2 Å². The number of aryl methyl sites for hydroxylation is 1. The molecule has 1 aliphatic rings. The summed E-state index contributed by atoms with van der Waals surface area (Å²) in [6, 6.07) is 14.7. The molecule has 0 radical (unpaired) electrons. The normalized spacial score (nSPS) is 14.7. The van der Waals surface area contributed by atoms with Crippen molar-refractivity contribution in [2.75, 3.05) is 6.54 Å². The highest BCUT2D eigenvalue weighted by atomic mass is 35.5. The Morgan fingerprint density at radius 3 is 2.46 bits per heavy atom. The lowest BCUT2D eigenvalue weighted by Gasteiger charge is -2.12. The summed E-state index contributed by atoms with van der Waals surface area (Å²) in [6.07, 6.45) is 1.62. The van der Waals surface area contributed by atoms with Crippen molar-refractivity contribution in [3.05, 3.63) is 86.0 Å². The van der Waals surface area contributed by atoms with Gasteiger partial charge in [0, 0.05) is 32.7 Å². The Kier molecular flexibility index (Phi) is 7.25. The predicted molar refractivity (Wildman–Crippen MR) is 136 cm³/mol. The first-order valence-electron chi connectivity index (χ1n) is 10.5. The minimum atomic E-state index is -1.24. The van der Waals surface area contributed by atoms with Gasteiger partial charge >= 0.3 is 5.97 Å². The Bertz CT molecular complexity index is 1360. The highest BCUT2D eigenvalue weighted by molar-refractivity contribution is 8.18. The average Bonchev–Trinajstić information content (AvgIpc) is 3.22. The number of ether oxygens (including phenoxy) is 1. The molecule has 1 aromatic heterocycles. The van der Waals surface area contributed by atoms with Gasteiger partial charge in [-0.3, -0.25) is 19.3 Å². The zero-order valence-corrected chi connectivity index (χ0v) is 21.1. The zero-order chi connectivity index (χ0) is 25.3. The summed E-state index contributed by atoms with van der Waals surface area (Å²) >= 11 is 12.9. The fraction of sp³-hybridized carbons (Fsp3) is 0.160. The molecule has 3 aromatic rings. The standard InChI is InChI=1S/C25H20Cl2N2O5S/c1-14-9-17(10-22-24(32)28(12-23(30)31)25(33)35-22)15(2)29(14)19-5-7-20(8-6-19)34-13-16-3-4-18(26)11-21(16)27/h3-11H,12-13H2,1-2H3,(H,30,31)/b22-10+. The van der Waals surface area contributed by atoms with Crippen LogP contribution in [0.2, 0.25) is 10.0 Å². The van der Waals surface area contributed by atoms with Crippen LogP contribution in [0.3, 0.4) is 0 Å². The number of carboxylic acid groups (broad SMARTS) is 1. The van der Waals surface area contributed by atoms with Gasteiger partial charge in [-0.2, -0.15) is 0 Å². The second-order valence-corrected chi connectivity index (χ2v) is 9.68. The Labute approximate surface area is 215 Å². The first kappa shape index (κ1) is 24.9. The number of aliphatic carboxylic acids is 1. The molecule has 7 nitrogen and oxygen atoms in total. The van der Waals surface area contributed by atoms with Crippen LogP contribution in [0.15, 0.2) is 53.4 Å². The van der Waals surface area contributed by atoms with Crippen LogP contribution in [0.5, 0.6) is 5.75 Å². The third-order valence-corrected chi connectivity index (χ3v) is 6.92. The van der Waals surface area contributed by atoms with Gasteiger partial charge in [0.25, 0.3) is 11.1 Å². The number of carboxylic acids is 1. The summed E-state index contributed by atoms with van der Waals surface area (Å²) < 4.78 is 7.87. The Morgan fingerprint density at radius 2 is 1.80 bits per heavy atom. The van der Waals surface area contributed by atoms with Gasteiger partial charge in [0.05, 0.1) is 4.91 Å². The van der Waals surface area contributed by atoms with Crippen molar-refractivity contribution < 1.29 is 24.2 Å². The highest BCUT2D eigenvalue weighted by Crippen LogP contribution is 2.34. The first-order valence-corrected chi connectivity index (χ1v) is 12.0. The van der Waals surface area contributed by atoms with Crippen molar-refractivity contribution in [2.24, 2.45) is 0 Å². The lowest BCUT2D eigenvalue weighted by molar-refractivity contribution is -0.140. The van der Waals surface area contributed by atoms with E-state index in [1.807, 2.05) is 54.8 Å². The Morgan fingerprint density at radius 1 is 1.09 bits per heavy atom. The molecule has 2 aromatic carbocycles. The lowest BCUT2D eigenvalue weighted by atomic mass is 10.2. The van der Waals surface area contributed by atoms with Gasteiger partial charge in [0.2, 0.25) is 0 Å². The molecule has 0 aliphatic carbocycles. The molecule has 10 heteroatoms. The number of nitrogens with zero attached hydrogens (tertiary/aromatic N) is 2. The van der Waals surface area contributed by atoms with E-state index in [0.29, 0.717) is 22.4 Å². The summed E-state index contributed by atoms with van der Waals surface area (Å²) in [5, 5.41) is 9.45. The van der Waals surface area contributed by atoms with E-state index in [-0.39, 0.29) is 4.91 Å². The van der Waals surface area contributed by atoms with Crippen molar-refractivity contribution in [3.8, 4) is 11.4 Å². The lowest BCUT2D eigenvalue weighted by Crippen LogP contribution is -2.33. The summed E-state index contributed by atoms with van der Waals surface area (Å²) in [4.78, 5) is 36.4. The molecule has 0 atom stereocenters. The van der Waals surface area contributed by atoms with E-state index in [4.69, 9.17) is 33.0 Å². The molecule has 4 rings (SSSR count). The number of rotatable bonds is 7. The zero-order valence-electron chi connectivity index (χ0n) is 18.7. The molecule has 1 aliphatic heterocycles. The van der Waals surface area contributed by atoms with E-state index in [9.17, 15) is 14.4 Å². The maximum atomic E-state index is 12.5. The fourth-order valence-electron chi connectivity index (χ4n) is 3.74. The molecule has 0 spiro atoms. The van der Waals surface area contributed by atoms with Crippen LogP contribution in [0.4, 0.5) is 4.79 Å². The van der Waals surface area contributed by atoms with E-state index in [2.05, 4.69) is 0 Å². The molecule has 0 unspecified atom stereocenters. The number of carbonyl (C=O) groups excluding carboxylic acids is 2. The number of imide groups is 1. The van der Waals surface area contributed by atoms with Gasteiger partial charge in [-0.15, -0.1) is 0 Å². The molecular weight excluding hydrogens is 511 g/mol. The molecule has 180 valence electrons. The number of hydrogen-bond acceptors (Lipinski definition) is 5. The van der Waals surface area contributed by atoms with Crippen LogP contribution >= 0.6 is 35.0 Å². The first-order chi connectivity index (χ1) is 16.6. The molecule has 2 amide bonds. The monoisotopic (exact) mass is 530 g/mol. The van der Waals surface area contributed by atoms with Crippen molar-refractivity contribution in [2.45, 2.75) is 20.5 Å². The third kappa shape index (κ3) is 5.40. The molecule has 1 N–H and O–H groups in total. The third-order valence-electron chi connectivity index (χ3n) is 5.43. The van der Waals surface area contributed by atoms with E-state index in [1.54, 1.807) is 18.2 Å². The van der Waals surface area contributed by atoms with Gasteiger partial charge < -0.3 is 14.4 Å². The second kappa shape index (κ2) is 10.2. The second-order valence-electron chi connectivity index (χ2n) is 7.84. The molecule has 35 heavy (non-hydrogen) atoms. The number of halogens is 2. The number of thioether (sulfide) groups is 1. The maximum Gasteiger partial charge on any atom is 0.323 e. The van der Waals surface area contributed by atoms with Crippen molar-refractivity contribution in [3.63, 3.8) is 0 Å². The molecule has 0 bridgehead atoms. The molecule has 2 heterocycles. The van der Waals surface area contributed by atoms with Crippen molar-refractivity contribution >= 4 is 58.2 Å². The quantitative estimate of drug-likeness (QED) is 0.371. The molecular formula is C25H20Cl2N2O5S. The Hall–Kier alpha value is -3.20. The van der Waals surface area contributed by atoms with Crippen molar-refractivity contribution in [1.82, 2.24) is 9.47 Å². The SMILES string of the molecule is Cc1cc(/C=C2/SC(=O)N(CC(=O)O)C2=O)c(C)n1-c1ccc(OCc2ccc(Cl)cc2Cl)cc1. The number of aromatic nitrogens is 1. The van der Waals surface area contributed by atoms with Crippen LogP contribution in [0.1, 0.15) is 22.5 Å². The van der Waals surface area contributed by atoms with Crippen LogP contribution < -0.4 is 4.74 Å². The van der Waals surface area contributed by atoms with Gasteiger partial charge in [0.1, 0.15) is 18.9 Å². The van der Waals surface area contributed by atoms with Crippen LogP contribution in [-0.4, -0.2) is 38.2 Å². The van der Waals surface area contributed by atoms with E-state index < -0.39 is 23.7 Å². The van der Waals surface area contributed by atoms with Gasteiger partial charge in [0.15, 0.2) is 0 Å². The molecule has 1 fully saturated rings. The van der Waals surface area contributed by atoms with Crippen LogP contribution in [0, 0.1) is 13.8 Å². The summed E-state index contributed by atoms with van der Waals surface area (Å²) in [6.45, 7) is 3.50. The minimum Gasteiger partial charge on any atom is -0.489 e. The van der Waals surface area contributed by atoms with E-state index in [1.165, 1.54) is 0 Å². The summed E-state index contributed by atoms with van der Waals surface area (Å²) in [5.41, 5.74) is 4.29. The number of amides is 2. The Balaban J connectivity index is 1.52.